The van der Waals surface area contributed by atoms with Gasteiger partial charge in [-0.2, -0.15) is 0 Å². The second kappa shape index (κ2) is 6.23. The van der Waals surface area contributed by atoms with Crippen molar-refractivity contribution in [3.05, 3.63) is 52.4 Å². The molecule has 2 rings (SSSR count). The zero-order valence-corrected chi connectivity index (χ0v) is 13.1. The van der Waals surface area contributed by atoms with Gasteiger partial charge in [0, 0.05) is 18.0 Å². The van der Waals surface area contributed by atoms with Crippen molar-refractivity contribution in [1.82, 2.24) is 9.97 Å². The molecule has 1 N–H and O–H groups in total. The molecule has 20 heavy (non-hydrogen) atoms. The first-order valence-corrected chi connectivity index (χ1v) is 7.21. The summed E-state index contributed by atoms with van der Waals surface area (Å²) in [6.45, 7) is 8.30. The first-order chi connectivity index (χ1) is 9.45. The van der Waals surface area contributed by atoms with E-state index < -0.39 is 0 Å². The first kappa shape index (κ1) is 14.8. The van der Waals surface area contributed by atoms with Gasteiger partial charge in [-0.3, -0.25) is 0 Å². The molecular formula is C16H20ClN3. The van der Waals surface area contributed by atoms with E-state index in [2.05, 4.69) is 67.2 Å². The van der Waals surface area contributed by atoms with Crippen LogP contribution in [-0.4, -0.2) is 9.97 Å². The third kappa shape index (κ3) is 3.70. The summed E-state index contributed by atoms with van der Waals surface area (Å²) in [5.74, 6) is 1.78. The van der Waals surface area contributed by atoms with E-state index in [1.54, 1.807) is 6.07 Å². The van der Waals surface area contributed by atoms with Crippen molar-refractivity contribution in [2.24, 2.45) is 0 Å². The van der Waals surface area contributed by atoms with Crippen LogP contribution in [0.1, 0.15) is 49.7 Å². The van der Waals surface area contributed by atoms with Crippen LogP contribution in [-0.2, 0) is 0 Å². The number of anilines is 1. The molecule has 0 aliphatic rings. The number of rotatable bonds is 4. The van der Waals surface area contributed by atoms with Crippen molar-refractivity contribution >= 4 is 17.4 Å². The maximum atomic E-state index is 6.05. The molecular weight excluding hydrogens is 270 g/mol. The average molecular weight is 290 g/mol. The second-order valence-electron chi connectivity index (χ2n) is 5.37. The third-order valence-corrected chi connectivity index (χ3v) is 3.36. The molecule has 1 heterocycles. The highest BCUT2D eigenvalue weighted by Crippen LogP contribution is 2.22. The van der Waals surface area contributed by atoms with Gasteiger partial charge >= 0.3 is 0 Å². The van der Waals surface area contributed by atoms with Gasteiger partial charge in [0.2, 0.25) is 0 Å². The Balaban J connectivity index is 2.18. The first-order valence-electron chi connectivity index (χ1n) is 6.83. The molecule has 1 aromatic heterocycles. The molecule has 4 heteroatoms. The molecule has 0 amide bonds. The number of nitrogens with one attached hydrogen (secondary N) is 1. The largest absolute Gasteiger partial charge is 0.363 e. The van der Waals surface area contributed by atoms with Crippen molar-refractivity contribution in [1.29, 1.82) is 0 Å². The molecule has 0 bridgehead atoms. The van der Waals surface area contributed by atoms with E-state index in [0.717, 1.165) is 11.6 Å². The summed E-state index contributed by atoms with van der Waals surface area (Å²) in [7, 11) is 0. The van der Waals surface area contributed by atoms with Crippen LogP contribution in [0.15, 0.2) is 30.3 Å². The van der Waals surface area contributed by atoms with Gasteiger partial charge in [0.25, 0.3) is 0 Å². The molecule has 2 aromatic rings. The van der Waals surface area contributed by atoms with Gasteiger partial charge in [-0.1, -0.05) is 55.3 Å². The van der Waals surface area contributed by atoms with E-state index in [-0.39, 0.29) is 12.0 Å². The molecule has 3 nitrogen and oxygen atoms in total. The molecule has 1 aromatic carbocycles. The molecule has 106 valence electrons. The summed E-state index contributed by atoms with van der Waals surface area (Å²) in [5, 5.41) is 3.85. The van der Waals surface area contributed by atoms with E-state index in [0.29, 0.717) is 5.15 Å². The number of hydrogen-bond donors (Lipinski definition) is 1. The summed E-state index contributed by atoms with van der Waals surface area (Å²) in [6.07, 6.45) is 0. The fourth-order valence-electron chi connectivity index (χ4n) is 1.93. The van der Waals surface area contributed by atoms with E-state index in [4.69, 9.17) is 11.6 Å². The highest BCUT2D eigenvalue weighted by molar-refractivity contribution is 6.29. The van der Waals surface area contributed by atoms with E-state index in [9.17, 15) is 0 Å². The maximum Gasteiger partial charge on any atom is 0.135 e. The maximum absolute atomic E-state index is 6.05. The topological polar surface area (TPSA) is 37.8 Å². The number of aromatic nitrogens is 2. The van der Waals surface area contributed by atoms with Gasteiger partial charge in [0.15, 0.2) is 0 Å². The molecule has 0 aliphatic carbocycles. The monoisotopic (exact) mass is 289 g/mol. The minimum Gasteiger partial charge on any atom is -0.363 e. The summed E-state index contributed by atoms with van der Waals surface area (Å²) in [4.78, 5) is 8.75. The van der Waals surface area contributed by atoms with Gasteiger partial charge in [-0.15, -0.1) is 0 Å². The zero-order chi connectivity index (χ0) is 14.7. The molecule has 0 saturated heterocycles. The predicted molar refractivity (Wildman–Crippen MR) is 84.3 cm³/mol. The number of hydrogen-bond acceptors (Lipinski definition) is 3. The predicted octanol–water partition coefficient (Wildman–Crippen LogP) is 4.73. The highest BCUT2D eigenvalue weighted by atomic mass is 35.5. The lowest BCUT2D eigenvalue weighted by atomic mass is 10.1. The second-order valence-corrected chi connectivity index (χ2v) is 5.75. The summed E-state index contributed by atoms with van der Waals surface area (Å²) >= 11 is 6.05. The Morgan fingerprint density at radius 3 is 2.30 bits per heavy atom. The fraction of sp³-hybridized carbons (Fsp3) is 0.375. The van der Waals surface area contributed by atoms with Gasteiger partial charge in [0.1, 0.15) is 16.8 Å². The summed E-state index contributed by atoms with van der Waals surface area (Å²) in [6, 6.07) is 10.4. The Hall–Kier alpha value is -1.61. The van der Waals surface area contributed by atoms with Crippen LogP contribution in [0.2, 0.25) is 5.15 Å². The SMILES string of the molecule is Cc1ccc(C(C)Nc2cc(Cl)nc(C(C)C)n2)cc1. The summed E-state index contributed by atoms with van der Waals surface area (Å²) in [5.41, 5.74) is 2.48. The third-order valence-electron chi connectivity index (χ3n) is 3.17. The van der Waals surface area contributed by atoms with Crippen LogP contribution in [0, 0.1) is 6.92 Å². The Morgan fingerprint density at radius 2 is 1.70 bits per heavy atom. The van der Waals surface area contributed by atoms with Crippen LogP contribution in [0.3, 0.4) is 0 Å². The summed E-state index contributed by atoms with van der Waals surface area (Å²) < 4.78 is 0. The van der Waals surface area contributed by atoms with Crippen LogP contribution >= 0.6 is 11.6 Å². The van der Waals surface area contributed by atoms with Crippen LogP contribution in [0.25, 0.3) is 0 Å². The van der Waals surface area contributed by atoms with E-state index in [1.807, 2.05) is 0 Å². The number of nitrogens with zero attached hydrogens (tertiary/aromatic N) is 2. The zero-order valence-electron chi connectivity index (χ0n) is 12.3. The van der Waals surface area contributed by atoms with Gasteiger partial charge < -0.3 is 5.32 Å². The Bertz CT molecular complexity index is 579. The van der Waals surface area contributed by atoms with Crippen molar-refractivity contribution in [2.75, 3.05) is 5.32 Å². The van der Waals surface area contributed by atoms with Gasteiger partial charge in [-0.05, 0) is 19.4 Å². The van der Waals surface area contributed by atoms with Gasteiger partial charge in [0.05, 0.1) is 0 Å². The van der Waals surface area contributed by atoms with Crippen molar-refractivity contribution < 1.29 is 0 Å². The minimum absolute atomic E-state index is 0.168. The normalized spacial score (nSPS) is 12.5. The minimum atomic E-state index is 0.168. The molecule has 0 saturated carbocycles. The highest BCUT2D eigenvalue weighted by Gasteiger charge is 2.10. The van der Waals surface area contributed by atoms with Crippen molar-refractivity contribution in [3.63, 3.8) is 0 Å². The molecule has 0 radical (unpaired) electrons. The molecule has 0 aliphatic heterocycles. The standard InChI is InChI=1S/C16H20ClN3/c1-10(2)16-19-14(17)9-15(20-16)18-12(4)13-7-5-11(3)6-8-13/h5-10,12H,1-4H3,(H,18,19,20). The molecule has 0 spiro atoms. The Labute approximate surface area is 125 Å². The van der Waals surface area contributed by atoms with Crippen LogP contribution < -0.4 is 5.32 Å². The molecule has 1 unspecified atom stereocenters. The van der Waals surface area contributed by atoms with Crippen molar-refractivity contribution in [2.45, 2.75) is 39.7 Å². The van der Waals surface area contributed by atoms with E-state index in [1.165, 1.54) is 11.1 Å². The number of halogens is 1. The van der Waals surface area contributed by atoms with Crippen LogP contribution in [0.4, 0.5) is 5.82 Å². The van der Waals surface area contributed by atoms with E-state index >= 15 is 0 Å². The van der Waals surface area contributed by atoms with Crippen molar-refractivity contribution in [3.8, 4) is 0 Å². The number of benzene rings is 1. The van der Waals surface area contributed by atoms with Gasteiger partial charge in [-0.25, -0.2) is 9.97 Å². The smallest absolute Gasteiger partial charge is 0.135 e. The number of aryl methyl sites for hydroxylation is 1. The Kier molecular flexibility index (Phi) is 4.61. The Morgan fingerprint density at radius 1 is 1.05 bits per heavy atom. The van der Waals surface area contributed by atoms with Crippen LogP contribution in [0.5, 0.6) is 0 Å². The lowest BCUT2D eigenvalue weighted by Gasteiger charge is -2.16. The fourth-order valence-corrected chi connectivity index (χ4v) is 2.12. The average Bonchev–Trinajstić information content (AvgIpc) is 2.38. The molecule has 1 atom stereocenters. The lowest BCUT2D eigenvalue weighted by molar-refractivity contribution is 0.768. The molecule has 0 fully saturated rings. The lowest BCUT2D eigenvalue weighted by Crippen LogP contribution is -2.10. The quantitative estimate of drug-likeness (QED) is 0.827.